The SMILES string of the molecule is CCCCCC(C)Nc1nccc2c(OC)cccc12. The van der Waals surface area contributed by atoms with Crippen LogP contribution in [0.25, 0.3) is 10.8 Å². The largest absolute Gasteiger partial charge is 0.496 e. The van der Waals surface area contributed by atoms with Gasteiger partial charge in [-0.3, -0.25) is 0 Å². The molecule has 1 heterocycles. The fourth-order valence-electron chi connectivity index (χ4n) is 2.48. The van der Waals surface area contributed by atoms with Crippen molar-refractivity contribution < 1.29 is 4.74 Å². The fourth-order valence-corrected chi connectivity index (χ4v) is 2.48. The van der Waals surface area contributed by atoms with Crippen molar-refractivity contribution in [3.05, 3.63) is 30.5 Å². The van der Waals surface area contributed by atoms with Gasteiger partial charge in [0.1, 0.15) is 11.6 Å². The minimum atomic E-state index is 0.436. The molecule has 20 heavy (non-hydrogen) atoms. The highest BCUT2D eigenvalue weighted by Gasteiger charge is 2.08. The molecule has 0 fully saturated rings. The van der Waals surface area contributed by atoms with E-state index in [-0.39, 0.29) is 0 Å². The Hall–Kier alpha value is -1.77. The van der Waals surface area contributed by atoms with E-state index in [1.165, 1.54) is 25.7 Å². The first-order chi connectivity index (χ1) is 9.76. The number of aromatic nitrogens is 1. The van der Waals surface area contributed by atoms with Crippen LogP contribution in [0.1, 0.15) is 39.5 Å². The second-order valence-electron chi connectivity index (χ2n) is 5.26. The molecule has 2 rings (SSSR count). The van der Waals surface area contributed by atoms with Crippen molar-refractivity contribution in [2.45, 2.75) is 45.6 Å². The third-order valence-electron chi connectivity index (χ3n) is 3.61. The summed E-state index contributed by atoms with van der Waals surface area (Å²) >= 11 is 0. The zero-order valence-corrected chi connectivity index (χ0v) is 12.6. The van der Waals surface area contributed by atoms with Gasteiger partial charge in [-0.05, 0) is 25.5 Å². The average molecular weight is 272 g/mol. The summed E-state index contributed by atoms with van der Waals surface area (Å²) in [6.07, 6.45) is 6.83. The lowest BCUT2D eigenvalue weighted by Crippen LogP contribution is -2.16. The molecule has 0 aliphatic carbocycles. The molecule has 0 amide bonds. The van der Waals surface area contributed by atoms with Crippen molar-refractivity contribution in [2.75, 3.05) is 12.4 Å². The smallest absolute Gasteiger partial charge is 0.134 e. The highest BCUT2D eigenvalue weighted by molar-refractivity contribution is 5.95. The Morgan fingerprint density at radius 1 is 1.20 bits per heavy atom. The van der Waals surface area contributed by atoms with E-state index in [2.05, 4.69) is 30.2 Å². The molecule has 1 atom stereocenters. The summed E-state index contributed by atoms with van der Waals surface area (Å²) in [6, 6.07) is 8.52. The Kier molecular flexibility index (Phi) is 5.22. The lowest BCUT2D eigenvalue weighted by molar-refractivity contribution is 0.420. The monoisotopic (exact) mass is 272 g/mol. The number of hydrogen-bond acceptors (Lipinski definition) is 3. The third-order valence-corrected chi connectivity index (χ3v) is 3.61. The Morgan fingerprint density at radius 3 is 2.80 bits per heavy atom. The minimum Gasteiger partial charge on any atom is -0.496 e. The van der Waals surface area contributed by atoms with Gasteiger partial charge in [0.2, 0.25) is 0 Å². The van der Waals surface area contributed by atoms with Crippen LogP contribution in [0.3, 0.4) is 0 Å². The van der Waals surface area contributed by atoms with Gasteiger partial charge in [-0.2, -0.15) is 0 Å². The van der Waals surface area contributed by atoms with Crippen molar-refractivity contribution in [1.29, 1.82) is 0 Å². The van der Waals surface area contributed by atoms with Crippen LogP contribution in [-0.4, -0.2) is 18.1 Å². The maximum atomic E-state index is 5.41. The topological polar surface area (TPSA) is 34.2 Å². The van der Waals surface area contributed by atoms with Crippen LogP contribution in [0.5, 0.6) is 5.75 Å². The lowest BCUT2D eigenvalue weighted by atomic mass is 10.1. The average Bonchev–Trinajstić information content (AvgIpc) is 2.47. The Bertz CT molecular complexity index is 554. The summed E-state index contributed by atoms with van der Waals surface area (Å²) in [5, 5.41) is 5.75. The summed E-state index contributed by atoms with van der Waals surface area (Å²) in [6.45, 7) is 4.45. The fraction of sp³-hybridized carbons (Fsp3) is 0.471. The van der Waals surface area contributed by atoms with Gasteiger partial charge in [0, 0.05) is 23.0 Å². The van der Waals surface area contributed by atoms with Crippen LogP contribution in [0, 0.1) is 0 Å². The van der Waals surface area contributed by atoms with Gasteiger partial charge in [0.05, 0.1) is 7.11 Å². The van der Waals surface area contributed by atoms with E-state index >= 15 is 0 Å². The van der Waals surface area contributed by atoms with E-state index in [9.17, 15) is 0 Å². The number of benzene rings is 1. The molecule has 1 unspecified atom stereocenters. The quantitative estimate of drug-likeness (QED) is 0.746. The molecular weight excluding hydrogens is 248 g/mol. The number of pyridine rings is 1. The number of nitrogens with zero attached hydrogens (tertiary/aromatic N) is 1. The molecule has 0 radical (unpaired) electrons. The Labute approximate surface area is 121 Å². The zero-order chi connectivity index (χ0) is 14.4. The number of fused-ring (bicyclic) bond motifs is 1. The van der Waals surface area contributed by atoms with Crippen LogP contribution in [-0.2, 0) is 0 Å². The van der Waals surface area contributed by atoms with Gasteiger partial charge < -0.3 is 10.1 Å². The molecule has 0 spiro atoms. The van der Waals surface area contributed by atoms with Gasteiger partial charge in [0.25, 0.3) is 0 Å². The van der Waals surface area contributed by atoms with E-state index in [4.69, 9.17) is 4.74 Å². The van der Waals surface area contributed by atoms with Crippen LogP contribution in [0.2, 0.25) is 0 Å². The highest BCUT2D eigenvalue weighted by atomic mass is 16.5. The molecule has 0 saturated heterocycles. The summed E-state index contributed by atoms with van der Waals surface area (Å²) in [4.78, 5) is 4.48. The van der Waals surface area contributed by atoms with Gasteiger partial charge in [-0.1, -0.05) is 38.3 Å². The van der Waals surface area contributed by atoms with Crippen LogP contribution in [0.4, 0.5) is 5.82 Å². The standard InChI is InChI=1S/C17H24N2O/c1-4-5-6-8-13(2)19-17-15-9-7-10-16(20-3)14(15)11-12-18-17/h7,9-13H,4-6,8H2,1-3H3,(H,18,19). The molecule has 0 aliphatic heterocycles. The van der Waals surface area contributed by atoms with E-state index in [1.54, 1.807) is 7.11 Å². The first-order valence-corrected chi connectivity index (χ1v) is 7.44. The van der Waals surface area contributed by atoms with Crippen molar-refractivity contribution >= 4 is 16.6 Å². The molecule has 1 aromatic carbocycles. The number of rotatable bonds is 7. The van der Waals surface area contributed by atoms with E-state index in [1.807, 2.05) is 24.4 Å². The van der Waals surface area contributed by atoms with E-state index in [0.717, 1.165) is 22.3 Å². The number of hydrogen-bond donors (Lipinski definition) is 1. The van der Waals surface area contributed by atoms with Gasteiger partial charge in [0.15, 0.2) is 0 Å². The second kappa shape index (κ2) is 7.13. The normalized spacial score (nSPS) is 12.3. The molecule has 3 heteroatoms. The summed E-state index contributed by atoms with van der Waals surface area (Å²) < 4.78 is 5.41. The number of unbranched alkanes of at least 4 members (excludes halogenated alkanes) is 2. The third kappa shape index (κ3) is 3.41. The molecular formula is C17H24N2O. The van der Waals surface area contributed by atoms with Crippen LogP contribution < -0.4 is 10.1 Å². The van der Waals surface area contributed by atoms with Crippen LogP contribution >= 0.6 is 0 Å². The minimum absolute atomic E-state index is 0.436. The first kappa shape index (κ1) is 14.6. The number of methoxy groups -OCH3 is 1. The molecule has 108 valence electrons. The van der Waals surface area contributed by atoms with Crippen LogP contribution in [0.15, 0.2) is 30.5 Å². The molecule has 0 aliphatic rings. The number of ether oxygens (including phenoxy) is 1. The molecule has 0 saturated carbocycles. The second-order valence-corrected chi connectivity index (χ2v) is 5.26. The molecule has 3 nitrogen and oxygen atoms in total. The predicted octanol–water partition coefficient (Wildman–Crippen LogP) is 4.62. The molecule has 1 N–H and O–H groups in total. The molecule has 0 bridgehead atoms. The molecule has 1 aromatic heterocycles. The molecule has 2 aromatic rings. The Morgan fingerprint density at radius 2 is 2.05 bits per heavy atom. The van der Waals surface area contributed by atoms with Crippen molar-refractivity contribution in [3.63, 3.8) is 0 Å². The van der Waals surface area contributed by atoms with Crippen molar-refractivity contribution in [3.8, 4) is 5.75 Å². The Balaban J connectivity index is 2.18. The van der Waals surface area contributed by atoms with Gasteiger partial charge in [-0.15, -0.1) is 0 Å². The lowest BCUT2D eigenvalue weighted by Gasteiger charge is -2.16. The van der Waals surface area contributed by atoms with Gasteiger partial charge >= 0.3 is 0 Å². The summed E-state index contributed by atoms with van der Waals surface area (Å²) in [5.41, 5.74) is 0. The summed E-state index contributed by atoms with van der Waals surface area (Å²) in [7, 11) is 1.70. The van der Waals surface area contributed by atoms with E-state index < -0.39 is 0 Å². The van der Waals surface area contributed by atoms with E-state index in [0.29, 0.717) is 6.04 Å². The maximum absolute atomic E-state index is 5.41. The van der Waals surface area contributed by atoms with Crippen molar-refractivity contribution in [1.82, 2.24) is 4.98 Å². The van der Waals surface area contributed by atoms with Gasteiger partial charge in [-0.25, -0.2) is 4.98 Å². The highest BCUT2D eigenvalue weighted by Crippen LogP contribution is 2.29. The maximum Gasteiger partial charge on any atom is 0.134 e. The predicted molar refractivity (Wildman–Crippen MR) is 85.5 cm³/mol. The first-order valence-electron chi connectivity index (χ1n) is 7.44. The number of anilines is 1. The summed E-state index contributed by atoms with van der Waals surface area (Å²) in [5.74, 6) is 1.84. The number of nitrogens with one attached hydrogen (secondary N) is 1. The van der Waals surface area contributed by atoms with Crippen molar-refractivity contribution in [2.24, 2.45) is 0 Å². The zero-order valence-electron chi connectivity index (χ0n) is 12.6.